The van der Waals surface area contributed by atoms with Crippen LogP contribution in [0.5, 0.6) is 0 Å². The number of cyclic esters (lactones) is 2. The van der Waals surface area contributed by atoms with Crippen molar-refractivity contribution in [2.45, 2.75) is 78.9 Å². The van der Waals surface area contributed by atoms with Crippen LogP contribution in [0.15, 0.2) is 0 Å². The lowest BCUT2D eigenvalue weighted by atomic mass is 9.73. The summed E-state index contributed by atoms with van der Waals surface area (Å²) in [6.07, 6.45) is 5.77. The Labute approximate surface area is 133 Å². The van der Waals surface area contributed by atoms with Gasteiger partial charge < -0.3 is 9.47 Å². The minimum atomic E-state index is -1.10. The highest BCUT2D eigenvalue weighted by Gasteiger charge is 2.55. The fraction of sp³-hybridized carbons (Fsp3) is 0.889. The first-order valence-corrected chi connectivity index (χ1v) is 8.77. The lowest BCUT2D eigenvalue weighted by Crippen LogP contribution is -2.53. The van der Waals surface area contributed by atoms with Gasteiger partial charge in [-0.05, 0) is 37.5 Å². The third-order valence-electron chi connectivity index (χ3n) is 4.78. The van der Waals surface area contributed by atoms with Crippen LogP contribution in [0.2, 0.25) is 0 Å². The quantitative estimate of drug-likeness (QED) is 0.567. The van der Waals surface area contributed by atoms with Crippen molar-refractivity contribution >= 4 is 11.9 Å². The van der Waals surface area contributed by atoms with Gasteiger partial charge in [-0.2, -0.15) is 0 Å². The molecule has 126 valence electrons. The summed E-state index contributed by atoms with van der Waals surface area (Å²) >= 11 is 0. The van der Waals surface area contributed by atoms with Gasteiger partial charge in [-0.25, -0.2) is 0 Å². The van der Waals surface area contributed by atoms with E-state index in [0.717, 1.165) is 25.7 Å². The van der Waals surface area contributed by atoms with Gasteiger partial charge in [-0.15, -0.1) is 0 Å². The maximum atomic E-state index is 12.7. The van der Waals surface area contributed by atoms with Gasteiger partial charge in [0.15, 0.2) is 5.41 Å². The molecule has 0 aromatic heterocycles. The summed E-state index contributed by atoms with van der Waals surface area (Å²) in [7, 11) is 0. The van der Waals surface area contributed by atoms with Gasteiger partial charge in [-0.1, -0.05) is 47.0 Å². The highest BCUT2D eigenvalue weighted by Crippen LogP contribution is 2.42. The zero-order chi connectivity index (χ0) is 16.3. The minimum absolute atomic E-state index is 0.178. The van der Waals surface area contributed by atoms with E-state index in [4.69, 9.17) is 9.47 Å². The summed E-state index contributed by atoms with van der Waals surface area (Å²) < 4.78 is 11.3. The number of ether oxygens (including phenoxy) is 2. The van der Waals surface area contributed by atoms with Gasteiger partial charge in [-0.3, -0.25) is 9.59 Å². The number of rotatable bonds is 5. The van der Waals surface area contributed by atoms with E-state index < -0.39 is 11.7 Å². The van der Waals surface area contributed by atoms with Gasteiger partial charge in [0.25, 0.3) is 0 Å². The Bertz CT molecular complexity index is 377. The second-order valence-electron chi connectivity index (χ2n) is 7.86. The lowest BCUT2D eigenvalue weighted by molar-refractivity contribution is -0.237. The van der Waals surface area contributed by atoms with Crippen LogP contribution in [0, 0.1) is 23.2 Å². The van der Waals surface area contributed by atoms with Gasteiger partial charge in [0.1, 0.15) is 0 Å². The van der Waals surface area contributed by atoms with Crippen molar-refractivity contribution in [3.05, 3.63) is 0 Å². The molecule has 0 spiro atoms. The summed E-state index contributed by atoms with van der Waals surface area (Å²) in [4.78, 5) is 25.5. The molecule has 1 aliphatic carbocycles. The maximum absolute atomic E-state index is 12.7. The predicted molar refractivity (Wildman–Crippen MR) is 83.9 cm³/mol. The van der Waals surface area contributed by atoms with Crippen LogP contribution in [0.25, 0.3) is 0 Å². The molecule has 0 amide bonds. The molecular weight excluding hydrogens is 280 g/mol. The van der Waals surface area contributed by atoms with E-state index in [2.05, 4.69) is 0 Å². The van der Waals surface area contributed by atoms with Crippen molar-refractivity contribution in [1.29, 1.82) is 0 Å². The Morgan fingerprint density at radius 3 is 1.77 bits per heavy atom. The average molecular weight is 310 g/mol. The predicted octanol–water partition coefficient (Wildman–Crippen LogP) is 4.07. The molecule has 0 aromatic rings. The molecule has 4 nitrogen and oxygen atoms in total. The average Bonchev–Trinajstić information content (AvgIpc) is 2.44. The fourth-order valence-corrected chi connectivity index (χ4v) is 3.95. The molecule has 0 N–H and O–H groups in total. The van der Waals surface area contributed by atoms with E-state index in [9.17, 15) is 9.59 Å². The van der Waals surface area contributed by atoms with Crippen molar-refractivity contribution < 1.29 is 19.1 Å². The van der Waals surface area contributed by atoms with Crippen molar-refractivity contribution in [2.75, 3.05) is 0 Å². The van der Waals surface area contributed by atoms with E-state index in [0.29, 0.717) is 12.8 Å². The molecule has 1 saturated heterocycles. The summed E-state index contributed by atoms with van der Waals surface area (Å²) in [6.45, 7) is 8.09. The first kappa shape index (κ1) is 17.3. The van der Waals surface area contributed by atoms with Gasteiger partial charge in [0.05, 0.1) is 0 Å². The minimum Gasteiger partial charge on any atom is -0.424 e. The molecule has 1 saturated carbocycles. The van der Waals surface area contributed by atoms with Crippen molar-refractivity contribution in [2.24, 2.45) is 23.2 Å². The summed E-state index contributed by atoms with van der Waals surface area (Å²) in [5.74, 6) is -0.0589. The highest BCUT2D eigenvalue weighted by atomic mass is 16.7. The van der Waals surface area contributed by atoms with Crippen LogP contribution in [0.1, 0.15) is 72.6 Å². The smallest absolute Gasteiger partial charge is 0.326 e. The van der Waals surface area contributed by atoms with Crippen LogP contribution >= 0.6 is 0 Å². The maximum Gasteiger partial charge on any atom is 0.326 e. The molecule has 0 aromatic carbocycles. The Balaban J connectivity index is 2.16. The van der Waals surface area contributed by atoms with Crippen LogP contribution in [0.4, 0.5) is 0 Å². The monoisotopic (exact) mass is 310 g/mol. The van der Waals surface area contributed by atoms with E-state index in [1.54, 1.807) is 0 Å². The lowest BCUT2D eigenvalue weighted by Gasteiger charge is -2.41. The van der Waals surface area contributed by atoms with Crippen LogP contribution in [-0.4, -0.2) is 18.2 Å². The van der Waals surface area contributed by atoms with E-state index in [-0.39, 0.29) is 29.7 Å². The molecule has 2 fully saturated rings. The molecule has 0 unspecified atom stereocenters. The SMILES string of the molecule is CC(C)CC1(CC(C)C)C(=O)OC(C2CCCCC2)OC1=O. The number of carbonyl (C=O) groups is 2. The number of hydrogen-bond donors (Lipinski definition) is 0. The number of hydrogen-bond acceptors (Lipinski definition) is 4. The third-order valence-corrected chi connectivity index (χ3v) is 4.78. The molecule has 4 heteroatoms. The van der Waals surface area contributed by atoms with Crippen molar-refractivity contribution in [3.63, 3.8) is 0 Å². The third kappa shape index (κ3) is 3.64. The van der Waals surface area contributed by atoms with Crippen LogP contribution in [0.3, 0.4) is 0 Å². The Morgan fingerprint density at radius 2 is 1.36 bits per heavy atom. The Kier molecular flexibility index (Phi) is 5.51. The first-order chi connectivity index (χ1) is 10.3. The second-order valence-corrected chi connectivity index (χ2v) is 7.86. The topological polar surface area (TPSA) is 52.6 Å². The molecule has 22 heavy (non-hydrogen) atoms. The van der Waals surface area contributed by atoms with E-state index in [1.807, 2.05) is 27.7 Å². The summed E-state index contributed by atoms with van der Waals surface area (Å²) in [6, 6.07) is 0. The highest BCUT2D eigenvalue weighted by molar-refractivity contribution is 6.01. The zero-order valence-electron chi connectivity index (χ0n) is 14.4. The zero-order valence-corrected chi connectivity index (χ0v) is 14.4. The molecule has 1 heterocycles. The summed E-state index contributed by atoms with van der Waals surface area (Å²) in [5.41, 5.74) is -1.10. The molecule has 0 radical (unpaired) electrons. The molecule has 0 atom stereocenters. The fourth-order valence-electron chi connectivity index (χ4n) is 3.95. The molecule has 1 aliphatic heterocycles. The standard InChI is InChI=1S/C18H30O4/c1-12(2)10-18(11-13(3)4)16(19)21-15(22-17(18)20)14-8-6-5-7-9-14/h12-15H,5-11H2,1-4H3. The normalized spacial score (nSPS) is 23.7. The van der Waals surface area contributed by atoms with Crippen LogP contribution < -0.4 is 0 Å². The molecule has 2 aliphatic rings. The first-order valence-electron chi connectivity index (χ1n) is 8.77. The van der Waals surface area contributed by atoms with Crippen molar-refractivity contribution in [1.82, 2.24) is 0 Å². The van der Waals surface area contributed by atoms with Gasteiger partial charge in [0, 0.05) is 5.92 Å². The Morgan fingerprint density at radius 1 is 0.909 bits per heavy atom. The Hall–Kier alpha value is -1.06. The second kappa shape index (κ2) is 7.01. The molecule has 2 rings (SSSR count). The number of esters is 2. The van der Waals surface area contributed by atoms with Crippen molar-refractivity contribution in [3.8, 4) is 0 Å². The van der Waals surface area contributed by atoms with E-state index >= 15 is 0 Å². The molecular formula is C18H30O4. The van der Waals surface area contributed by atoms with Gasteiger partial charge in [0.2, 0.25) is 6.29 Å². The van der Waals surface area contributed by atoms with E-state index in [1.165, 1.54) is 6.42 Å². The van der Waals surface area contributed by atoms with Gasteiger partial charge >= 0.3 is 11.9 Å². The molecule has 0 bridgehead atoms. The number of carbonyl (C=O) groups excluding carboxylic acids is 2. The largest absolute Gasteiger partial charge is 0.424 e. The van der Waals surface area contributed by atoms with Crippen LogP contribution in [-0.2, 0) is 19.1 Å². The summed E-state index contributed by atoms with van der Waals surface area (Å²) in [5, 5.41) is 0.